The minimum atomic E-state index is -4.43. The van der Waals surface area contributed by atoms with Gasteiger partial charge >= 0.3 is 6.18 Å². The van der Waals surface area contributed by atoms with Crippen molar-refractivity contribution in [3.8, 4) is 0 Å². The van der Waals surface area contributed by atoms with E-state index in [0.29, 0.717) is 11.3 Å². The van der Waals surface area contributed by atoms with Gasteiger partial charge in [-0.15, -0.1) is 0 Å². The van der Waals surface area contributed by atoms with Crippen LogP contribution < -0.4 is 16.1 Å². The molecular formula is C14H15F3N4O3. The summed E-state index contributed by atoms with van der Waals surface area (Å²) < 4.78 is 36.2. The predicted octanol–water partition coefficient (Wildman–Crippen LogP) is 0.598. The van der Waals surface area contributed by atoms with Crippen molar-refractivity contribution in [3.05, 3.63) is 33.7 Å². The summed E-state index contributed by atoms with van der Waals surface area (Å²) in [5, 5.41) is 4.63. The van der Waals surface area contributed by atoms with E-state index < -0.39 is 36.9 Å². The summed E-state index contributed by atoms with van der Waals surface area (Å²) in [6, 6.07) is 0.288. The van der Waals surface area contributed by atoms with Crippen LogP contribution in [-0.2, 0) is 16.1 Å². The Bertz CT molecular complexity index is 740. The fourth-order valence-electron chi connectivity index (χ4n) is 2.08. The van der Waals surface area contributed by atoms with E-state index in [2.05, 4.69) is 20.6 Å². The number of aliphatic imine (C=N–C) groups is 1. The first-order valence-corrected chi connectivity index (χ1v) is 7.10. The van der Waals surface area contributed by atoms with Gasteiger partial charge in [-0.05, 0) is 6.92 Å². The number of amides is 2. The van der Waals surface area contributed by atoms with Gasteiger partial charge in [0.25, 0.3) is 0 Å². The topological polar surface area (TPSA) is 103 Å². The molecule has 2 rings (SSSR count). The van der Waals surface area contributed by atoms with E-state index in [1.807, 2.05) is 0 Å². The number of nitrogens with zero attached hydrogens (tertiary/aromatic N) is 1. The zero-order chi connectivity index (χ0) is 17.9. The van der Waals surface area contributed by atoms with Crippen molar-refractivity contribution < 1.29 is 22.8 Å². The lowest BCUT2D eigenvalue weighted by molar-refractivity contribution is -0.144. The second-order valence-electron chi connectivity index (χ2n) is 5.25. The van der Waals surface area contributed by atoms with Crippen molar-refractivity contribution in [2.45, 2.75) is 38.5 Å². The normalized spacial score (nSPS) is 14.6. The standard InChI is InChI=1S/C14H15F3N4O3/c1-7(20-10(23)2-4-14(15,16)17)13(24)21-12-11-8(6-19-12)9(22)3-5-18-11/h3,5,7H,2,4,6H2,1H3,(H,18,22)(H,20,23)(H,19,21,24)/t7-/m0/s1. The quantitative estimate of drug-likeness (QED) is 0.745. The Kier molecular flexibility index (Phi) is 5.05. The van der Waals surface area contributed by atoms with Crippen molar-refractivity contribution >= 4 is 17.6 Å². The summed E-state index contributed by atoms with van der Waals surface area (Å²) in [6.07, 6.45) is -5.03. The summed E-state index contributed by atoms with van der Waals surface area (Å²) in [5.74, 6) is -1.37. The van der Waals surface area contributed by atoms with Crippen molar-refractivity contribution in [1.82, 2.24) is 15.6 Å². The molecule has 2 heterocycles. The molecule has 1 aliphatic rings. The maximum Gasteiger partial charge on any atom is 0.389 e. The molecule has 1 aliphatic heterocycles. The van der Waals surface area contributed by atoms with Crippen LogP contribution in [0.1, 0.15) is 31.0 Å². The Morgan fingerprint density at radius 2 is 2.12 bits per heavy atom. The zero-order valence-corrected chi connectivity index (χ0v) is 12.7. The lowest BCUT2D eigenvalue weighted by Gasteiger charge is -2.14. The van der Waals surface area contributed by atoms with Crippen LogP contribution in [0, 0.1) is 0 Å². The highest BCUT2D eigenvalue weighted by Crippen LogP contribution is 2.21. The molecule has 2 amide bonds. The second kappa shape index (κ2) is 6.85. The molecular weight excluding hydrogens is 329 g/mol. The first kappa shape index (κ1) is 17.7. The Labute approximate surface area is 134 Å². The molecule has 1 aromatic heterocycles. The molecule has 7 nitrogen and oxygen atoms in total. The fraction of sp³-hybridized carbons (Fsp3) is 0.429. The summed E-state index contributed by atoms with van der Waals surface area (Å²) in [6.45, 7) is 1.46. The maximum absolute atomic E-state index is 12.1. The Hall–Kier alpha value is -2.65. The van der Waals surface area contributed by atoms with Gasteiger partial charge in [-0.1, -0.05) is 0 Å². The van der Waals surface area contributed by atoms with Gasteiger partial charge in [0, 0.05) is 24.2 Å². The smallest absolute Gasteiger partial charge is 0.358 e. The third-order valence-electron chi connectivity index (χ3n) is 3.34. The number of carbonyl (C=O) groups is 2. The SMILES string of the molecule is C[C@H](NC(=O)CCC(F)(F)F)C(=O)NC1=NCc2c1[nH]ccc2=O. The molecule has 24 heavy (non-hydrogen) atoms. The van der Waals surface area contributed by atoms with Gasteiger partial charge in [-0.3, -0.25) is 19.4 Å². The lowest BCUT2D eigenvalue weighted by atomic mass is 10.2. The number of aromatic amines is 1. The highest BCUT2D eigenvalue weighted by molar-refractivity contribution is 6.10. The van der Waals surface area contributed by atoms with Crippen molar-refractivity contribution in [2.75, 3.05) is 0 Å². The number of alkyl halides is 3. The largest absolute Gasteiger partial charge is 0.389 e. The van der Waals surface area contributed by atoms with E-state index in [-0.39, 0.29) is 17.8 Å². The number of rotatable bonds is 4. The van der Waals surface area contributed by atoms with E-state index in [1.54, 1.807) is 0 Å². The number of pyridine rings is 1. The number of carbonyl (C=O) groups excluding carboxylic acids is 2. The van der Waals surface area contributed by atoms with Gasteiger partial charge in [-0.25, -0.2) is 0 Å². The average molecular weight is 344 g/mol. The van der Waals surface area contributed by atoms with E-state index in [0.717, 1.165) is 0 Å². The number of hydrogen-bond donors (Lipinski definition) is 3. The number of fused-ring (bicyclic) bond motifs is 1. The number of hydrogen-bond acceptors (Lipinski definition) is 4. The zero-order valence-electron chi connectivity index (χ0n) is 12.7. The highest BCUT2D eigenvalue weighted by Gasteiger charge is 2.29. The summed E-state index contributed by atoms with van der Waals surface area (Å²) in [7, 11) is 0. The van der Waals surface area contributed by atoms with Gasteiger partial charge < -0.3 is 15.6 Å². The van der Waals surface area contributed by atoms with Crippen LogP contribution in [0.2, 0.25) is 0 Å². The predicted molar refractivity (Wildman–Crippen MR) is 78.3 cm³/mol. The van der Waals surface area contributed by atoms with Crippen LogP contribution in [0.25, 0.3) is 0 Å². The monoisotopic (exact) mass is 344 g/mol. The minimum Gasteiger partial charge on any atom is -0.358 e. The Balaban J connectivity index is 1.91. The third-order valence-corrected chi connectivity index (χ3v) is 3.34. The first-order chi connectivity index (χ1) is 11.2. The molecule has 1 aromatic rings. The minimum absolute atomic E-state index is 0.118. The molecule has 0 saturated carbocycles. The lowest BCUT2D eigenvalue weighted by Crippen LogP contribution is -2.47. The number of nitrogens with one attached hydrogen (secondary N) is 3. The van der Waals surface area contributed by atoms with Gasteiger partial charge in [0.2, 0.25) is 11.8 Å². The summed E-state index contributed by atoms with van der Waals surface area (Å²) in [4.78, 5) is 41.9. The molecule has 130 valence electrons. The maximum atomic E-state index is 12.1. The van der Waals surface area contributed by atoms with Gasteiger partial charge in [-0.2, -0.15) is 13.2 Å². The number of aromatic nitrogens is 1. The molecule has 0 aromatic carbocycles. The molecule has 0 aliphatic carbocycles. The number of halogens is 3. The van der Waals surface area contributed by atoms with Gasteiger partial charge in [0.15, 0.2) is 11.3 Å². The Morgan fingerprint density at radius 3 is 2.79 bits per heavy atom. The third kappa shape index (κ3) is 4.43. The molecule has 0 unspecified atom stereocenters. The molecule has 0 fully saturated rings. The van der Waals surface area contributed by atoms with Crippen molar-refractivity contribution in [3.63, 3.8) is 0 Å². The number of H-pyrrole nitrogens is 1. The van der Waals surface area contributed by atoms with Crippen LogP contribution in [0.3, 0.4) is 0 Å². The van der Waals surface area contributed by atoms with E-state index in [1.165, 1.54) is 19.2 Å². The van der Waals surface area contributed by atoms with E-state index in [4.69, 9.17) is 0 Å². The molecule has 0 bridgehead atoms. The summed E-state index contributed by atoms with van der Waals surface area (Å²) >= 11 is 0. The number of amidine groups is 1. The van der Waals surface area contributed by atoms with Gasteiger partial charge in [0.05, 0.1) is 18.7 Å². The van der Waals surface area contributed by atoms with Crippen LogP contribution >= 0.6 is 0 Å². The van der Waals surface area contributed by atoms with Crippen molar-refractivity contribution in [1.29, 1.82) is 0 Å². The molecule has 3 N–H and O–H groups in total. The second-order valence-corrected chi connectivity index (χ2v) is 5.25. The van der Waals surface area contributed by atoms with Crippen molar-refractivity contribution in [2.24, 2.45) is 4.99 Å². The van der Waals surface area contributed by atoms with Crippen LogP contribution in [0.4, 0.5) is 13.2 Å². The van der Waals surface area contributed by atoms with Crippen LogP contribution in [0.15, 0.2) is 22.1 Å². The van der Waals surface area contributed by atoms with Crippen LogP contribution in [-0.4, -0.2) is 34.9 Å². The Morgan fingerprint density at radius 1 is 1.42 bits per heavy atom. The first-order valence-electron chi connectivity index (χ1n) is 7.10. The fourth-order valence-corrected chi connectivity index (χ4v) is 2.08. The molecule has 0 spiro atoms. The average Bonchev–Trinajstić information content (AvgIpc) is 2.89. The molecule has 10 heteroatoms. The van der Waals surface area contributed by atoms with E-state index in [9.17, 15) is 27.6 Å². The molecule has 1 atom stereocenters. The van der Waals surface area contributed by atoms with Gasteiger partial charge in [0.1, 0.15) is 6.04 Å². The van der Waals surface area contributed by atoms with E-state index >= 15 is 0 Å². The van der Waals surface area contributed by atoms with Crippen LogP contribution in [0.5, 0.6) is 0 Å². The molecule has 0 saturated heterocycles. The highest BCUT2D eigenvalue weighted by atomic mass is 19.4. The molecule has 0 radical (unpaired) electrons. The summed E-state index contributed by atoms with van der Waals surface area (Å²) in [5.41, 5.74) is 0.575.